The second kappa shape index (κ2) is 11.6. The monoisotopic (exact) mass is 322 g/mol. The summed E-state index contributed by atoms with van der Waals surface area (Å²) in [5.74, 6) is 0. The van der Waals surface area contributed by atoms with Crippen molar-refractivity contribution in [3.63, 3.8) is 0 Å². The molecule has 2 atom stereocenters. The van der Waals surface area contributed by atoms with Gasteiger partial charge in [0, 0.05) is 13.2 Å². The van der Waals surface area contributed by atoms with Crippen LogP contribution in [0.5, 0.6) is 0 Å². The van der Waals surface area contributed by atoms with E-state index in [-0.39, 0.29) is 12.4 Å². The Balaban J connectivity index is 1.73. The first-order valence-corrected chi connectivity index (χ1v) is 8.85. The molecule has 0 radical (unpaired) electrons. The van der Waals surface area contributed by atoms with Crippen molar-refractivity contribution in [3.8, 4) is 0 Å². The minimum Gasteiger partial charge on any atom is -0.379 e. The first-order valence-electron chi connectivity index (χ1n) is 8.85. The smallest absolute Gasteiger partial charge is 0.157 e. The van der Waals surface area contributed by atoms with Crippen LogP contribution in [0.15, 0.2) is 30.3 Å². The molecule has 0 bridgehead atoms. The SMILES string of the molecule is CCCCOC[C@H](COC1CCCCO1)OCc1ccccc1. The summed E-state index contributed by atoms with van der Waals surface area (Å²) in [6, 6.07) is 10.2. The lowest BCUT2D eigenvalue weighted by Crippen LogP contribution is -2.31. The molecule has 1 aliphatic rings. The van der Waals surface area contributed by atoms with Crippen LogP contribution in [-0.4, -0.2) is 38.8 Å². The molecule has 1 heterocycles. The summed E-state index contributed by atoms with van der Waals surface area (Å²) in [6.07, 6.45) is 5.36. The van der Waals surface area contributed by atoms with Crippen molar-refractivity contribution < 1.29 is 18.9 Å². The fraction of sp³-hybridized carbons (Fsp3) is 0.684. The normalized spacial score (nSPS) is 19.6. The zero-order valence-corrected chi connectivity index (χ0v) is 14.2. The summed E-state index contributed by atoms with van der Waals surface area (Å²) in [6.45, 7) is 5.41. The molecule has 23 heavy (non-hydrogen) atoms. The maximum Gasteiger partial charge on any atom is 0.157 e. The van der Waals surface area contributed by atoms with Gasteiger partial charge in [-0.25, -0.2) is 0 Å². The van der Waals surface area contributed by atoms with Gasteiger partial charge in [-0.1, -0.05) is 43.7 Å². The number of hydrogen-bond donors (Lipinski definition) is 0. The van der Waals surface area contributed by atoms with Crippen molar-refractivity contribution >= 4 is 0 Å². The average molecular weight is 322 g/mol. The van der Waals surface area contributed by atoms with E-state index in [1.54, 1.807) is 0 Å². The molecule has 1 unspecified atom stereocenters. The summed E-state index contributed by atoms with van der Waals surface area (Å²) >= 11 is 0. The molecule has 1 saturated heterocycles. The van der Waals surface area contributed by atoms with Crippen molar-refractivity contribution in [2.45, 2.75) is 58.0 Å². The molecule has 0 N–H and O–H groups in total. The van der Waals surface area contributed by atoms with Crippen LogP contribution >= 0.6 is 0 Å². The van der Waals surface area contributed by atoms with Gasteiger partial charge in [0.05, 0.1) is 19.8 Å². The van der Waals surface area contributed by atoms with Crippen molar-refractivity contribution in [1.29, 1.82) is 0 Å². The molecule has 1 aromatic carbocycles. The molecular weight excluding hydrogens is 292 g/mol. The predicted molar refractivity (Wildman–Crippen MR) is 90.3 cm³/mol. The molecule has 1 fully saturated rings. The van der Waals surface area contributed by atoms with Crippen molar-refractivity contribution in [3.05, 3.63) is 35.9 Å². The van der Waals surface area contributed by atoms with Crippen LogP contribution in [-0.2, 0) is 25.6 Å². The van der Waals surface area contributed by atoms with Gasteiger partial charge in [-0.05, 0) is 31.2 Å². The van der Waals surface area contributed by atoms with E-state index in [1.165, 1.54) is 12.0 Å². The zero-order chi connectivity index (χ0) is 16.2. The Morgan fingerprint density at radius 3 is 2.78 bits per heavy atom. The van der Waals surface area contributed by atoms with Crippen LogP contribution in [0.2, 0.25) is 0 Å². The highest BCUT2D eigenvalue weighted by atomic mass is 16.7. The van der Waals surface area contributed by atoms with E-state index in [0.717, 1.165) is 38.9 Å². The van der Waals surface area contributed by atoms with E-state index in [4.69, 9.17) is 18.9 Å². The van der Waals surface area contributed by atoms with Gasteiger partial charge in [-0.2, -0.15) is 0 Å². The molecule has 1 aliphatic heterocycles. The molecule has 2 rings (SSSR count). The Morgan fingerprint density at radius 1 is 1.17 bits per heavy atom. The van der Waals surface area contributed by atoms with Gasteiger partial charge in [-0.15, -0.1) is 0 Å². The fourth-order valence-corrected chi connectivity index (χ4v) is 2.45. The first-order chi connectivity index (χ1) is 11.4. The topological polar surface area (TPSA) is 36.9 Å². The summed E-state index contributed by atoms with van der Waals surface area (Å²) in [7, 11) is 0. The zero-order valence-electron chi connectivity index (χ0n) is 14.2. The summed E-state index contributed by atoms with van der Waals surface area (Å²) < 4.78 is 23.2. The molecule has 0 spiro atoms. The van der Waals surface area contributed by atoms with Gasteiger partial charge in [0.1, 0.15) is 6.10 Å². The maximum absolute atomic E-state index is 5.99. The van der Waals surface area contributed by atoms with Crippen molar-refractivity contribution in [2.75, 3.05) is 26.4 Å². The Morgan fingerprint density at radius 2 is 2.04 bits per heavy atom. The van der Waals surface area contributed by atoms with Crippen LogP contribution in [0.3, 0.4) is 0 Å². The highest BCUT2D eigenvalue weighted by Crippen LogP contribution is 2.15. The number of hydrogen-bond acceptors (Lipinski definition) is 4. The van der Waals surface area contributed by atoms with E-state index in [9.17, 15) is 0 Å². The van der Waals surface area contributed by atoms with Gasteiger partial charge in [-0.3, -0.25) is 0 Å². The third-order valence-corrected chi connectivity index (χ3v) is 3.88. The first kappa shape index (κ1) is 18.4. The minimum absolute atomic E-state index is 0.0578. The number of unbranched alkanes of at least 4 members (excludes halogenated alkanes) is 1. The van der Waals surface area contributed by atoms with Crippen molar-refractivity contribution in [2.24, 2.45) is 0 Å². The second-order valence-electron chi connectivity index (χ2n) is 5.98. The molecule has 4 heteroatoms. The Hall–Kier alpha value is -0.940. The quantitative estimate of drug-likeness (QED) is 0.578. The largest absolute Gasteiger partial charge is 0.379 e. The lowest BCUT2D eigenvalue weighted by molar-refractivity contribution is -0.186. The van der Waals surface area contributed by atoms with Crippen LogP contribution in [0, 0.1) is 0 Å². The number of benzene rings is 1. The molecule has 0 amide bonds. The van der Waals surface area contributed by atoms with E-state index in [2.05, 4.69) is 19.1 Å². The lowest BCUT2D eigenvalue weighted by atomic mass is 10.2. The van der Waals surface area contributed by atoms with E-state index < -0.39 is 0 Å². The van der Waals surface area contributed by atoms with Gasteiger partial charge in [0.15, 0.2) is 6.29 Å². The Labute approximate surface area is 140 Å². The third kappa shape index (κ3) is 7.93. The molecule has 1 aromatic rings. The standard InChI is InChI=1S/C19H30O4/c1-2-3-12-20-15-18(16-23-19-11-7-8-13-21-19)22-14-17-9-5-4-6-10-17/h4-6,9-10,18-19H,2-3,7-8,11-16H2,1H3/t18-,19?/m1/s1. The second-order valence-corrected chi connectivity index (χ2v) is 5.98. The van der Waals surface area contributed by atoms with Crippen LogP contribution < -0.4 is 0 Å². The summed E-state index contributed by atoms with van der Waals surface area (Å²) in [4.78, 5) is 0. The Bertz CT molecular complexity index is 390. The highest BCUT2D eigenvalue weighted by Gasteiger charge is 2.18. The maximum atomic E-state index is 5.99. The number of ether oxygens (including phenoxy) is 4. The number of rotatable bonds is 11. The molecule has 4 nitrogen and oxygen atoms in total. The molecule has 0 saturated carbocycles. The molecular formula is C19H30O4. The van der Waals surface area contributed by atoms with Crippen LogP contribution in [0.1, 0.15) is 44.6 Å². The third-order valence-electron chi connectivity index (χ3n) is 3.88. The average Bonchev–Trinajstić information content (AvgIpc) is 2.62. The molecule has 0 aromatic heterocycles. The van der Waals surface area contributed by atoms with Crippen LogP contribution in [0.4, 0.5) is 0 Å². The van der Waals surface area contributed by atoms with Crippen LogP contribution in [0.25, 0.3) is 0 Å². The van der Waals surface area contributed by atoms with Crippen molar-refractivity contribution in [1.82, 2.24) is 0 Å². The molecule has 0 aliphatic carbocycles. The fourth-order valence-electron chi connectivity index (χ4n) is 2.45. The predicted octanol–water partition coefficient (Wildman–Crippen LogP) is 3.93. The summed E-state index contributed by atoms with van der Waals surface area (Å²) in [5, 5.41) is 0. The van der Waals surface area contributed by atoms with Gasteiger partial charge in [0.2, 0.25) is 0 Å². The van der Waals surface area contributed by atoms with Gasteiger partial charge >= 0.3 is 0 Å². The lowest BCUT2D eigenvalue weighted by Gasteiger charge is -2.25. The molecule has 130 valence electrons. The highest BCUT2D eigenvalue weighted by molar-refractivity contribution is 5.13. The van der Waals surface area contributed by atoms with E-state index >= 15 is 0 Å². The summed E-state index contributed by atoms with van der Waals surface area (Å²) in [5.41, 5.74) is 1.17. The van der Waals surface area contributed by atoms with E-state index in [1.807, 2.05) is 18.2 Å². The van der Waals surface area contributed by atoms with E-state index in [0.29, 0.717) is 19.8 Å². The Kier molecular flexibility index (Phi) is 9.26. The van der Waals surface area contributed by atoms with Gasteiger partial charge in [0.25, 0.3) is 0 Å². The van der Waals surface area contributed by atoms with Gasteiger partial charge < -0.3 is 18.9 Å². The minimum atomic E-state index is -0.0813.